The number of rotatable bonds is 10. The van der Waals surface area contributed by atoms with Gasteiger partial charge in [-0.05, 0) is 67.1 Å². The number of ether oxygens (including phenoxy) is 2. The van der Waals surface area contributed by atoms with Gasteiger partial charge in [0.2, 0.25) is 0 Å². The monoisotopic (exact) mass is 502 g/mol. The van der Waals surface area contributed by atoms with E-state index in [0.717, 1.165) is 31.6 Å². The smallest absolute Gasteiger partial charge is 0.343 e. The maximum Gasteiger partial charge on any atom is 0.343 e. The Balaban J connectivity index is 1.62. The van der Waals surface area contributed by atoms with Crippen molar-refractivity contribution in [3.05, 3.63) is 52.8 Å². The summed E-state index contributed by atoms with van der Waals surface area (Å²) in [7, 11) is 1.32. The molecule has 6 nitrogen and oxygen atoms in total. The molecule has 0 saturated heterocycles. The van der Waals surface area contributed by atoms with Gasteiger partial charge in [0, 0.05) is 18.0 Å². The third kappa shape index (κ3) is 5.60. The Hall–Kier alpha value is -2.29. The summed E-state index contributed by atoms with van der Waals surface area (Å²) < 4.78 is 41.7. The molecule has 1 aliphatic carbocycles. The van der Waals surface area contributed by atoms with Crippen LogP contribution >= 0.6 is 0 Å². The number of fused-ring (bicyclic) bond motifs is 3. The van der Waals surface area contributed by atoms with E-state index in [1.807, 2.05) is 6.07 Å². The predicted octanol–water partition coefficient (Wildman–Crippen LogP) is 5.15. The molecule has 1 unspecified atom stereocenters. The second kappa shape index (κ2) is 10.4. The van der Waals surface area contributed by atoms with Gasteiger partial charge in [-0.15, -0.1) is 0 Å². The van der Waals surface area contributed by atoms with E-state index in [4.69, 9.17) is 9.47 Å². The summed E-state index contributed by atoms with van der Waals surface area (Å²) >= 11 is -1.73. The molecule has 2 aliphatic rings. The van der Waals surface area contributed by atoms with Crippen molar-refractivity contribution < 1.29 is 23.2 Å². The summed E-state index contributed by atoms with van der Waals surface area (Å²) in [5.74, 6) is 0.508. The van der Waals surface area contributed by atoms with E-state index in [1.54, 1.807) is 12.1 Å². The first-order chi connectivity index (χ1) is 16.7. The van der Waals surface area contributed by atoms with Crippen molar-refractivity contribution in [1.82, 2.24) is 4.90 Å². The molecular formula is C27H35FN2O4S. The van der Waals surface area contributed by atoms with Gasteiger partial charge in [-0.2, -0.15) is 0 Å². The lowest BCUT2D eigenvalue weighted by molar-refractivity contribution is 0.0596. The predicted molar refractivity (Wildman–Crippen MR) is 136 cm³/mol. The number of hydrogen-bond donors (Lipinski definition) is 1. The van der Waals surface area contributed by atoms with Crippen LogP contribution in [-0.2, 0) is 22.5 Å². The molecule has 3 atom stereocenters. The molecule has 0 spiro atoms. The van der Waals surface area contributed by atoms with Crippen LogP contribution in [0.25, 0.3) is 0 Å². The van der Waals surface area contributed by atoms with Gasteiger partial charge < -0.3 is 18.9 Å². The number of hydrogen-bond acceptors (Lipinski definition) is 6. The van der Waals surface area contributed by atoms with Crippen LogP contribution in [0.3, 0.4) is 0 Å². The van der Waals surface area contributed by atoms with Crippen LogP contribution in [0.4, 0.5) is 10.1 Å². The van der Waals surface area contributed by atoms with E-state index in [9.17, 15) is 13.7 Å². The van der Waals surface area contributed by atoms with Gasteiger partial charge in [-0.3, -0.25) is 0 Å². The van der Waals surface area contributed by atoms with E-state index in [2.05, 4.69) is 37.3 Å². The average Bonchev–Trinajstić information content (AvgIpc) is 3.62. The molecule has 4 rings (SSSR count). The van der Waals surface area contributed by atoms with Crippen molar-refractivity contribution in [2.24, 2.45) is 11.3 Å². The van der Waals surface area contributed by atoms with Gasteiger partial charge in [0.05, 0.1) is 13.7 Å². The lowest BCUT2D eigenvalue weighted by Crippen LogP contribution is -2.35. The first kappa shape index (κ1) is 25.8. The second-order valence-electron chi connectivity index (χ2n) is 10.2. The SMILES string of the molecule is CCN(CC)CC(C)(C)Cc1cc(F)ccc1[S+]([O-])Nc1ccc2c(c1C(=O)OC)OC[C@@H]1C[C@H]21. The summed E-state index contributed by atoms with van der Waals surface area (Å²) in [5, 5.41) is 0. The molecule has 1 N–H and O–H groups in total. The highest BCUT2D eigenvalue weighted by Crippen LogP contribution is 2.55. The van der Waals surface area contributed by atoms with Crippen molar-refractivity contribution in [3.8, 4) is 5.75 Å². The molecule has 190 valence electrons. The topological polar surface area (TPSA) is 73.9 Å². The first-order valence-electron chi connectivity index (χ1n) is 12.2. The summed E-state index contributed by atoms with van der Waals surface area (Å²) in [6.45, 7) is 11.8. The standard InChI is InChI=1S/C27H35FN2O4S/c1-6-30(7-2)16-27(3,4)14-17-12-19(28)8-11-23(17)35(32)29-22-10-9-20-21-13-18(21)15-34-25(20)24(22)26(31)33-5/h8-12,18,21,29H,6-7,13-16H2,1-5H3/t18-,21-,35?/m0/s1. The molecule has 1 heterocycles. The third-order valence-electron chi connectivity index (χ3n) is 6.98. The Bertz CT molecular complexity index is 1090. The quantitative estimate of drug-likeness (QED) is 0.358. The number of anilines is 1. The maximum absolute atomic E-state index is 14.2. The third-order valence-corrected chi connectivity index (χ3v) is 8.18. The van der Waals surface area contributed by atoms with Gasteiger partial charge in [-0.25, -0.2) is 13.9 Å². The van der Waals surface area contributed by atoms with Crippen LogP contribution in [0, 0.1) is 17.2 Å². The van der Waals surface area contributed by atoms with Crippen LogP contribution in [0.1, 0.15) is 61.5 Å². The lowest BCUT2D eigenvalue weighted by atomic mass is 9.85. The van der Waals surface area contributed by atoms with Crippen molar-refractivity contribution in [2.75, 3.05) is 38.1 Å². The summed E-state index contributed by atoms with van der Waals surface area (Å²) in [5.41, 5.74) is 2.16. The first-order valence-corrected chi connectivity index (χ1v) is 13.4. The van der Waals surface area contributed by atoms with E-state index in [-0.39, 0.29) is 16.8 Å². The Kier molecular flexibility index (Phi) is 7.64. The minimum atomic E-state index is -1.73. The lowest BCUT2D eigenvalue weighted by Gasteiger charge is -2.32. The fourth-order valence-corrected chi connectivity index (χ4v) is 6.13. The molecule has 1 fully saturated rings. The van der Waals surface area contributed by atoms with E-state index >= 15 is 0 Å². The maximum atomic E-state index is 14.2. The van der Waals surface area contributed by atoms with E-state index in [1.165, 1.54) is 19.2 Å². The number of benzene rings is 2. The number of halogens is 1. The van der Waals surface area contributed by atoms with Crippen LogP contribution < -0.4 is 9.46 Å². The number of methoxy groups -OCH3 is 1. The number of carbonyl (C=O) groups is 1. The fraction of sp³-hybridized carbons (Fsp3) is 0.519. The Morgan fingerprint density at radius 2 is 2.03 bits per heavy atom. The Labute approximate surface area is 210 Å². The minimum absolute atomic E-state index is 0.156. The highest BCUT2D eigenvalue weighted by molar-refractivity contribution is 7.92. The number of esters is 1. The van der Waals surface area contributed by atoms with Crippen molar-refractivity contribution in [2.45, 2.75) is 51.3 Å². The van der Waals surface area contributed by atoms with Gasteiger partial charge in [0.15, 0.2) is 4.90 Å². The molecule has 1 saturated carbocycles. The van der Waals surface area contributed by atoms with Gasteiger partial charge in [0.1, 0.15) is 34.2 Å². The Morgan fingerprint density at radius 1 is 1.29 bits per heavy atom. The molecule has 0 aromatic heterocycles. The van der Waals surface area contributed by atoms with Crippen molar-refractivity contribution in [1.29, 1.82) is 0 Å². The average molecular weight is 503 g/mol. The normalized spacial score (nSPS) is 19.4. The minimum Gasteiger partial charge on any atom is -0.588 e. The number of nitrogens with one attached hydrogen (secondary N) is 1. The summed E-state index contributed by atoms with van der Waals surface area (Å²) in [6, 6.07) is 8.04. The molecule has 35 heavy (non-hydrogen) atoms. The molecule has 0 amide bonds. The van der Waals surface area contributed by atoms with Crippen LogP contribution in [0.5, 0.6) is 5.75 Å². The van der Waals surface area contributed by atoms with Crippen molar-refractivity contribution in [3.63, 3.8) is 0 Å². The van der Waals surface area contributed by atoms with Crippen LogP contribution in [0.2, 0.25) is 0 Å². The van der Waals surface area contributed by atoms with Gasteiger partial charge >= 0.3 is 5.97 Å². The summed E-state index contributed by atoms with van der Waals surface area (Å²) in [4.78, 5) is 15.5. The highest BCUT2D eigenvalue weighted by Gasteiger charge is 2.45. The van der Waals surface area contributed by atoms with E-state index in [0.29, 0.717) is 46.8 Å². The molecule has 8 heteroatoms. The highest BCUT2D eigenvalue weighted by atomic mass is 32.2. The Morgan fingerprint density at radius 3 is 2.71 bits per heavy atom. The molecule has 0 bridgehead atoms. The second-order valence-corrected chi connectivity index (χ2v) is 11.4. The molecular weight excluding hydrogens is 467 g/mol. The molecule has 2 aromatic rings. The van der Waals surface area contributed by atoms with Gasteiger partial charge in [-0.1, -0.05) is 33.8 Å². The van der Waals surface area contributed by atoms with Crippen molar-refractivity contribution >= 4 is 23.0 Å². The zero-order valence-corrected chi connectivity index (χ0v) is 22.0. The fourth-order valence-electron chi connectivity index (χ4n) is 5.08. The molecule has 1 aliphatic heterocycles. The molecule has 2 aromatic carbocycles. The zero-order chi connectivity index (χ0) is 25.3. The van der Waals surface area contributed by atoms with Gasteiger partial charge in [0.25, 0.3) is 0 Å². The summed E-state index contributed by atoms with van der Waals surface area (Å²) in [6.07, 6.45) is 1.61. The number of nitrogens with zero attached hydrogens (tertiary/aromatic N) is 1. The van der Waals surface area contributed by atoms with E-state index < -0.39 is 17.3 Å². The van der Waals surface area contributed by atoms with Crippen LogP contribution in [0.15, 0.2) is 35.2 Å². The largest absolute Gasteiger partial charge is 0.588 e. The molecule has 0 radical (unpaired) electrons. The zero-order valence-electron chi connectivity index (χ0n) is 21.2. The van der Waals surface area contributed by atoms with Crippen LogP contribution in [-0.4, -0.2) is 48.8 Å². The number of carbonyl (C=O) groups excluding carboxylic acids is 1.